The summed E-state index contributed by atoms with van der Waals surface area (Å²) >= 11 is 0. The quantitative estimate of drug-likeness (QED) is 0.802. The predicted octanol–water partition coefficient (Wildman–Crippen LogP) is 2.88. The van der Waals surface area contributed by atoms with E-state index < -0.39 is 0 Å². The molecule has 1 fully saturated rings. The van der Waals surface area contributed by atoms with Gasteiger partial charge < -0.3 is 15.5 Å². The van der Waals surface area contributed by atoms with Crippen LogP contribution in [0.25, 0.3) is 11.4 Å². The van der Waals surface area contributed by atoms with Crippen LogP contribution in [0.3, 0.4) is 0 Å². The van der Waals surface area contributed by atoms with Crippen molar-refractivity contribution in [1.29, 1.82) is 0 Å². The summed E-state index contributed by atoms with van der Waals surface area (Å²) in [5, 5.41) is 32.2. The van der Waals surface area contributed by atoms with Crippen molar-refractivity contribution in [2.45, 2.75) is 58.6 Å². The summed E-state index contributed by atoms with van der Waals surface area (Å²) in [4.78, 5) is 4.29. The van der Waals surface area contributed by atoms with Gasteiger partial charge in [-0.25, -0.2) is 0 Å². The van der Waals surface area contributed by atoms with Crippen LogP contribution in [-0.2, 0) is 0 Å². The molecule has 2 heterocycles. The number of aliphatic hydroxyl groups is 1. The van der Waals surface area contributed by atoms with Crippen molar-refractivity contribution in [3.63, 3.8) is 0 Å². The van der Waals surface area contributed by atoms with Crippen LogP contribution in [0.2, 0.25) is 0 Å². The van der Waals surface area contributed by atoms with Crippen LogP contribution in [-0.4, -0.2) is 37.5 Å². The summed E-state index contributed by atoms with van der Waals surface area (Å²) in [7, 11) is 0. The third kappa shape index (κ3) is 3.19. The van der Waals surface area contributed by atoms with Crippen LogP contribution in [0.5, 0.6) is 5.75 Å². The molecule has 6 heteroatoms. The number of anilines is 1. The molecular weight excluding hydrogens is 304 g/mol. The second kappa shape index (κ2) is 6.73. The summed E-state index contributed by atoms with van der Waals surface area (Å²) in [6.07, 6.45) is 5.30. The topological polar surface area (TPSA) is 91.2 Å². The SMILES string of the molecule is Cc1cnc(-c2nnc(NC3CCCCC3O)c(C)c2C)c(O)c1. The van der Waals surface area contributed by atoms with Crippen LogP contribution in [0.15, 0.2) is 12.3 Å². The largest absolute Gasteiger partial charge is 0.506 e. The lowest BCUT2D eigenvalue weighted by Crippen LogP contribution is -2.37. The molecule has 0 spiro atoms. The van der Waals surface area contributed by atoms with Crippen molar-refractivity contribution >= 4 is 5.82 Å². The number of rotatable bonds is 3. The first kappa shape index (κ1) is 16.6. The fourth-order valence-corrected chi connectivity index (χ4v) is 3.16. The molecule has 0 aliphatic heterocycles. The number of hydrogen-bond acceptors (Lipinski definition) is 6. The number of aromatic hydroxyl groups is 1. The van der Waals surface area contributed by atoms with E-state index >= 15 is 0 Å². The summed E-state index contributed by atoms with van der Waals surface area (Å²) in [6, 6.07) is 1.69. The molecule has 0 saturated heterocycles. The van der Waals surface area contributed by atoms with E-state index in [9.17, 15) is 10.2 Å². The number of hydrogen-bond donors (Lipinski definition) is 3. The van der Waals surface area contributed by atoms with E-state index in [0.717, 1.165) is 42.4 Å². The number of nitrogens with one attached hydrogen (secondary N) is 1. The third-order valence-corrected chi connectivity index (χ3v) is 4.80. The lowest BCUT2D eigenvalue weighted by molar-refractivity contribution is 0.116. The zero-order chi connectivity index (χ0) is 17.3. The van der Waals surface area contributed by atoms with Crippen molar-refractivity contribution < 1.29 is 10.2 Å². The number of nitrogens with zero attached hydrogens (tertiary/aromatic N) is 3. The molecule has 0 radical (unpaired) electrons. The van der Waals surface area contributed by atoms with E-state index in [1.165, 1.54) is 0 Å². The second-order valence-corrected chi connectivity index (χ2v) is 6.63. The predicted molar refractivity (Wildman–Crippen MR) is 93.0 cm³/mol. The Morgan fingerprint density at radius 2 is 1.79 bits per heavy atom. The molecule has 0 bridgehead atoms. The molecule has 3 N–H and O–H groups in total. The van der Waals surface area contributed by atoms with Gasteiger partial charge in [0.2, 0.25) is 0 Å². The molecule has 1 aliphatic rings. The van der Waals surface area contributed by atoms with Gasteiger partial charge in [-0.3, -0.25) is 4.98 Å². The Labute approximate surface area is 142 Å². The first-order valence-corrected chi connectivity index (χ1v) is 8.42. The van der Waals surface area contributed by atoms with Crippen molar-refractivity contribution in [3.8, 4) is 17.1 Å². The number of pyridine rings is 1. The van der Waals surface area contributed by atoms with Crippen LogP contribution in [0.4, 0.5) is 5.82 Å². The van der Waals surface area contributed by atoms with E-state index in [-0.39, 0.29) is 17.9 Å². The van der Waals surface area contributed by atoms with Crippen LogP contribution >= 0.6 is 0 Å². The average molecular weight is 328 g/mol. The van der Waals surface area contributed by atoms with Crippen molar-refractivity contribution in [2.24, 2.45) is 0 Å². The zero-order valence-electron chi connectivity index (χ0n) is 14.4. The lowest BCUT2D eigenvalue weighted by Gasteiger charge is -2.29. The zero-order valence-corrected chi connectivity index (χ0v) is 14.4. The average Bonchev–Trinajstić information content (AvgIpc) is 2.55. The van der Waals surface area contributed by atoms with Gasteiger partial charge in [0.05, 0.1) is 12.1 Å². The van der Waals surface area contributed by atoms with Crippen molar-refractivity contribution in [3.05, 3.63) is 29.0 Å². The summed E-state index contributed by atoms with van der Waals surface area (Å²) in [5.74, 6) is 0.795. The maximum Gasteiger partial charge on any atom is 0.152 e. The molecule has 128 valence electrons. The minimum absolute atomic E-state index is 0.0166. The molecule has 6 nitrogen and oxygen atoms in total. The van der Waals surface area contributed by atoms with Gasteiger partial charge in [0.1, 0.15) is 17.1 Å². The number of aliphatic hydroxyl groups excluding tert-OH is 1. The number of aryl methyl sites for hydroxylation is 1. The Kier molecular flexibility index (Phi) is 4.66. The normalized spacial score (nSPS) is 20.8. The van der Waals surface area contributed by atoms with Gasteiger partial charge in [-0.15, -0.1) is 10.2 Å². The van der Waals surface area contributed by atoms with Crippen molar-refractivity contribution in [2.75, 3.05) is 5.32 Å². The van der Waals surface area contributed by atoms with Gasteiger partial charge in [-0.2, -0.15) is 0 Å². The fourth-order valence-electron chi connectivity index (χ4n) is 3.16. The molecule has 0 aromatic carbocycles. The standard InChI is InChI=1S/C18H24N4O2/c1-10-8-15(24)17(19-9-10)16-11(2)12(3)18(22-21-16)20-13-6-4-5-7-14(13)23/h8-9,13-14,23-24H,4-7H2,1-3H3,(H,20,22). The third-order valence-electron chi connectivity index (χ3n) is 4.80. The van der Waals surface area contributed by atoms with Crippen LogP contribution in [0.1, 0.15) is 42.4 Å². The van der Waals surface area contributed by atoms with E-state index in [1.54, 1.807) is 12.3 Å². The van der Waals surface area contributed by atoms with E-state index in [2.05, 4.69) is 20.5 Å². The summed E-state index contributed by atoms with van der Waals surface area (Å²) in [6.45, 7) is 5.79. The Morgan fingerprint density at radius 1 is 1.04 bits per heavy atom. The van der Waals surface area contributed by atoms with Gasteiger partial charge in [0, 0.05) is 6.20 Å². The Hall–Kier alpha value is -2.21. The van der Waals surface area contributed by atoms with Gasteiger partial charge in [-0.1, -0.05) is 12.8 Å². The molecular formula is C18H24N4O2. The molecule has 1 aliphatic carbocycles. The highest BCUT2D eigenvalue weighted by Gasteiger charge is 2.24. The monoisotopic (exact) mass is 328 g/mol. The van der Waals surface area contributed by atoms with Crippen LogP contribution < -0.4 is 5.32 Å². The maximum atomic E-state index is 10.1. The first-order chi connectivity index (χ1) is 11.5. The van der Waals surface area contributed by atoms with E-state index in [4.69, 9.17) is 0 Å². The molecule has 3 rings (SSSR count). The maximum absolute atomic E-state index is 10.1. The van der Waals surface area contributed by atoms with Gasteiger partial charge in [-0.05, 0) is 56.4 Å². The van der Waals surface area contributed by atoms with Crippen molar-refractivity contribution in [1.82, 2.24) is 15.2 Å². The number of aromatic nitrogens is 3. The van der Waals surface area contributed by atoms with Gasteiger partial charge in [0.15, 0.2) is 5.82 Å². The first-order valence-electron chi connectivity index (χ1n) is 8.42. The smallest absolute Gasteiger partial charge is 0.152 e. The second-order valence-electron chi connectivity index (χ2n) is 6.63. The Bertz CT molecular complexity index is 748. The van der Waals surface area contributed by atoms with E-state index in [0.29, 0.717) is 17.2 Å². The molecule has 2 unspecified atom stereocenters. The Balaban J connectivity index is 1.91. The molecule has 0 amide bonds. The summed E-state index contributed by atoms with van der Waals surface area (Å²) in [5.41, 5.74) is 3.80. The minimum Gasteiger partial charge on any atom is -0.506 e. The lowest BCUT2D eigenvalue weighted by atomic mass is 9.92. The minimum atomic E-state index is -0.345. The fraction of sp³-hybridized carbons (Fsp3) is 0.500. The molecule has 2 aromatic rings. The summed E-state index contributed by atoms with van der Waals surface area (Å²) < 4.78 is 0. The van der Waals surface area contributed by atoms with E-state index in [1.807, 2.05) is 20.8 Å². The molecule has 1 saturated carbocycles. The Morgan fingerprint density at radius 3 is 2.50 bits per heavy atom. The highest BCUT2D eigenvalue weighted by Crippen LogP contribution is 2.31. The van der Waals surface area contributed by atoms with Crippen LogP contribution in [0, 0.1) is 20.8 Å². The molecule has 2 aromatic heterocycles. The highest BCUT2D eigenvalue weighted by atomic mass is 16.3. The van der Waals surface area contributed by atoms with Gasteiger partial charge in [0.25, 0.3) is 0 Å². The molecule has 24 heavy (non-hydrogen) atoms. The van der Waals surface area contributed by atoms with Gasteiger partial charge >= 0.3 is 0 Å². The highest BCUT2D eigenvalue weighted by molar-refractivity contribution is 5.68. The molecule has 2 atom stereocenters.